The van der Waals surface area contributed by atoms with Crippen molar-refractivity contribution < 1.29 is 9.53 Å². The highest BCUT2D eigenvalue weighted by atomic mass is 32.2. The maximum Gasteiger partial charge on any atom is 0.328 e. The Morgan fingerprint density at radius 2 is 2.17 bits per heavy atom. The van der Waals surface area contributed by atoms with Gasteiger partial charge in [-0.25, -0.2) is 14.8 Å². The molecule has 0 unspecified atom stereocenters. The average Bonchev–Trinajstić information content (AvgIpc) is 2.92. The molecule has 2 heterocycles. The molecule has 2 rings (SSSR count). The summed E-state index contributed by atoms with van der Waals surface area (Å²) in [5, 5.41) is 8.27. The lowest BCUT2D eigenvalue weighted by Crippen LogP contribution is -2.32. The first-order chi connectivity index (χ1) is 11.0. The standard InChI is InChI=1S/C15H23N5O2S/c1-9(2)12-18-13(10-8-16-20(3)14(10)19-12)17-11(6-7-23-5)15(21)22-4/h8-9,11H,6-7H2,1-5H3,(H,17,18,19)/t11-/m0/s1. The first kappa shape index (κ1) is 17.5. The predicted molar refractivity (Wildman–Crippen MR) is 92.8 cm³/mol. The second-order valence-electron chi connectivity index (χ2n) is 5.59. The monoisotopic (exact) mass is 337 g/mol. The molecule has 0 saturated carbocycles. The van der Waals surface area contributed by atoms with E-state index in [1.165, 1.54) is 7.11 Å². The van der Waals surface area contributed by atoms with E-state index in [0.29, 0.717) is 12.2 Å². The van der Waals surface area contributed by atoms with Crippen LogP contribution >= 0.6 is 11.8 Å². The smallest absolute Gasteiger partial charge is 0.328 e. The quantitative estimate of drug-likeness (QED) is 0.776. The summed E-state index contributed by atoms with van der Waals surface area (Å²) in [5.74, 6) is 2.09. The van der Waals surface area contributed by atoms with Crippen LogP contribution in [0.15, 0.2) is 6.20 Å². The third kappa shape index (κ3) is 3.93. The largest absolute Gasteiger partial charge is 0.467 e. The molecule has 0 aliphatic rings. The fourth-order valence-electron chi connectivity index (χ4n) is 2.20. The Labute approximate surface area is 140 Å². The van der Waals surface area contributed by atoms with E-state index in [1.54, 1.807) is 22.6 Å². The molecule has 1 N–H and O–H groups in total. The maximum atomic E-state index is 12.0. The second kappa shape index (κ2) is 7.63. The van der Waals surface area contributed by atoms with Crippen molar-refractivity contribution in [2.75, 3.05) is 24.4 Å². The van der Waals surface area contributed by atoms with Crippen LogP contribution in [0.5, 0.6) is 0 Å². The molecule has 1 atom stereocenters. The van der Waals surface area contributed by atoms with Gasteiger partial charge in [0.05, 0.1) is 18.7 Å². The minimum atomic E-state index is -0.439. The number of nitrogens with zero attached hydrogens (tertiary/aromatic N) is 4. The molecule has 23 heavy (non-hydrogen) atoms. The van der Waals surface area contributed by atoms with Gasteiger partial charge >= 0.3 is 5.97 Å². The van der Waals surface area contributed by atoms with Crippen molar-refractivity contribution in [2.45, 2.75) is 32.2 Å². The Kier molecular flexibility index (Phi) is 5.81. The van der Waals surface area contributed by atoms with Gasteiger partial charge in [-0.2, -0.15) is 16.9 Å². The number of rotatable bonds is 7. The van der Waals surface area contributed by atoms with Crippen LogP contribution < -0.4 is 5.32 Å². The number of methoxy groups -OCH3 is 1. The molecular formula is C15H23N5O2S. The summed E-state index contributed by atoms with van der Waals surface area (Å²) in [6, 6.07) is -0.439. The van der Waals surface area contributed by atoms with Crippen molar-refractivity contribution in [3.05, 3.63) is 12.0 Å². The van der Waals surface area contributed by atoms with Gasteiger partial charge < -0.3 is 10.1 Å². The predicted octanol–water partition coefficient (Wildman–Crippen LogP) is 2.19. The first-order valence-corrected chi connectivity index (χ1v) is 8.90. The summed E-state index contributed by atoms with van der Waals surface area (Å²) < 4.78 is 6.61. The Hall–Kier alpha value is -1.83. The Morgan fingerprint density at radius 3 is 2.78 bits per heavy atom. The number of nitrogens with one attached hydrogen (secondary N) is 1. The molecule has 0 aromatic carbocycles. The van der Waals surface area contributed by atoms with Gasteiger partial charge in [0, 0.05) is 13.0 Å². The highest BCUT2D eigenvalue weighted by Gasteiger charge is 2.22. The number of esters is 1. The zero-order valence-corrected chi connectivity index (χ0v) is 15.0. The number of thioether (sulfide) groups is 1. The number of anilines is 1. The Balaban J connectivity index is 2.41. The molecular weight excluding hydrogens is 314 g/mol. The van der Waals surface area contributed by atoms with Crippen LogP contribution in [-0.2, 0) is 16.6 Å². The van der Waals surface area contributed by atoms with Crippen molar-refractivity contribution in [2.24, 2.45) is 7.05 Å². The van der Waals surface area contributed by atoms with Crippen molar-refractivity contribution in [3.8, 4) is 0 Å². The molecule has 126 valence electrons. The third-order valence-corrected chi connectivity index (χ3v) is 4.18. The minimum absolute atomic E-state index is 0.178. The van der Waals surface area contributed by atoms with E-state index in [-0.39, 0.29) is 11.9 Å². The number of hydrogen-bond donors (Lipinski definition) is 1. The number of carbonyl (C=O) groups excluding carboxylic acids is 1. The van der Waals surface area contributed by atoms with Crippen LogP contribution in [0.4, 0.5) is 5.82 Å². The van der Waals surface area contributed by atoms with Gasteiger partial charge in [0.1, 0.15) is 17.7 Å². The van der Waals surface area contributed by atoms with Gasteiger partial charge in [-0.05, 0) is 18.4 Å². The van der Waals surface area contributed by atoms with E-state index in [0.717, 1.165) is 22.6 Å². The number of carbonyl (C=O) groups is 1. The first-order valence-electron chi connectivity index (χ1n) is 7.50. The fraction of sp³-hybridized carbons (Fsp3) is 0.600. The van der Waals surface area contributed by atoms with E-state index in [4.69, 9.17) is 4.74 Å². The van der Waals surface area contributed by atoms with Crippen molar-refractivity contribution >= 4 is 34.6 Å². The fourth-order valence-corrected chi connectivity index (χ4v) is 2.67. The molecule has 2 aromatic heterocycles. The molecule has 0 amide bonds. The number of fused-ring (bicyclic) bond motifs is 1. The molecule has 7 nitrogen and oxygen atoms in total. The molecule has 0 aliphatic heterocycles. The molecule has 0 saturated heterocycles. The van der Waals surface area contributed by atoms with Gasteiger partial charge in [0.15, 0.2) is 5.65 Å². The summed E-state index contributed by atoms with van der Waals surface area (Å²) in [4.78, 5) is 21.2. The Morgan fingerprint density at radius 1 is 1.43 bits per heavy atom. The van der Waals surface area contributed by atoms with Crippen LogP contribution in [0.25, 0.3) is 11.0 Å². The maximum absolute atomic E-state index is 12.0. The molecule has 2 aromatic rings. The second-order valence-corrected chi connectivity index (χ2v) is 6.58. The van der Waals surface area contributed by atoms with Gasteiger partial charge in [0.2, 0.25) is 0 Å². The highest BCUT2D eigenvalue weighted by Crippen LogP contribution is 2.24. The van der Waals surface area contributed by atoms with E-state index < -0.39 is 6.04 Å². The molecule has 0 fully saturated rings. The minimum Gasteiger partial charge on any atom is -0.467 e. The summed E-state index contributed by atoms with van der Waals surface area (Å²) in [6.45, 7) is 4.07. The van der Waals surface area contributed by atoms with Crippen molar-refractivity contribution in [1.82, 2.24) is 19.7 Å². The van der Waals surface area contributed by atoms with E-state index in [1.807, 2.05) is 27.2 Å². The zero-order chi connectivity index (χ0) is 17.0. The van der Waals surface area contributed by atoms with E-state index in [2.05, 4.69) is 20.4 Å². The molecule has 0 bridgehead atoms. The normalized spacial score (nSPS) is 12.6. The Bertz CT molecular complexity index is 686. The van der Waals surface area contributed by atoms with Crippen LogP contribution in [0.2, 0.25) is 0 Å². The van der Waals surface area contributed by atoms with Crippen LogP contribution in [0.3, 0.4) is 0 Å². The molecule has 0 spiro atoms. The van der Waals surface area contributed by atoms with E-state index >= 15 is 0 Å². The number of ether oxygens (including phenoxy) is 1. The van der Waals surface area contributed by atoms with Gasteiger partial charge in [-0.15, -0.1) is 0 Å². The lowest BCUT2D eigenvalue weighted by atomic mass is 10.2. The van der Waals surface area contributed by atoms with Gasteiger partial charge in [0.25, 0.3) is 0 Å². The summed E-state index contributed by atoms with van der Waals surface area (Å²) >= 11 is 1.69. The van der Waals surface area contributed by atoms with Crippen molar-refractivity contribution in [3.63, 3.8) is 0 Å². The van der Waals surface area contributed by atoms with Crippen molar-refractivity contribution in [1.29, 1.82) is 0 Å². The van der Waals surface area contributed by atoms with Crippen LogP contribution in [0.1, 0.15) is 32.0 Å². The summed E-state index contributed by atoms with van der Waals surface area (Å²) in [5.41, 5.74) is 0.750. The molecule has 0 radical (unpaired) electrons. The highest BCUT2D eigenvalue weighted by molar-refractivity contribution is 7.98. The lowest BCUT2D eigenvalue weighted by molar-refractivity contribution is -0.141. The number of aryl methyl sites for hydroxylation is 1. The van der Waals surface area contributed by atoms with Gasteiger partial charge in [-0.1, -0.05) is 13.8 Å². The topological polar surface area (TPSA) is 81.9 Å². The lowest BCUT2D eigenvalue weighted by Gasteiger charge is -2.18. The molecule has 8 heteroatoms. The summed E-state index contributed by atoms with van der Waals surface area (Å²) in [6.07, 6.45) is 4.39. The summed E-state index contributed by atoms with van der Waals surface area (Å²) in [7, 11) is 3.24. The van der Waals surface area contributed by atoms with E-state index in [9.17, 15) is 4.79 Å². The van der Waals surface area contributed by atoms with Crippen LogP contribution in [0, 0.1) is 0 Å². The third-order valence-electron chi connectivity index (χ3n) is 3.53. The molecule has 0 aliphatic carbocycles. The number of aromatic nitrogens is 4. The zero-order valence-electron chi connectivity index (χ0n) is 14.2. The average molecular weight is 337 g/mol. The number of hydrogen-bond acceptors (Lipinski definition) is 7. The van der Waals surface area contributed by atoms with Gasteiger partial charge in [-0.3, -0.25) is 4.68 Å². The SMILES string of the molecule is COC(=O)[C@H](CCSC)Nc1nc(C(C)C)nc2c1cnn2C. The van der Waals surface area contributed by atoms with Crippen LogP contribution in [-0.4, -0.2) is 50.9 Å².